The van der Waals surface area contributed by atoms with Crippen molar-refractivity contribution in [2.45, 2.75) is 18.9 Å². The molecular weight excluding hydrogens is 364 g/mol. The zero-order valence-corrected chi connectivity index (χ0v) is 15.8. The summed E-state index contributed by atoms with van der Waals surface area (Å²) in [6.45, 7) is 2.69. The highest BCUT2D eigenvalue weighted by atomic mass is 32.1. The van der Waals surface area contributed by atoms with Crippen LogP contribution in [0.15, 0.2) is 36.4 Å². The van der Waals surface area contributed by atoms with Gasteiger partial charge < -0.3 is 19.7 Å². The average Bonchev–Trinajstić information content (AvgIpc) is 3.41. The maximum absolute atomic E-state index is 12.5. The zero-order valence-electron chi connectivity index (χ0n) is 15.0. The minimum Gasteiger partial charge on any atom is -0.451 e. The quantitative estimate of drug-likeness (QED) is 0.773. The molecule has 2 aromatic rings. The second-order valence-electron chi connectivity index (χ2n) is 6.71. The number of carbonyl (C=O) groups is 2. The van der Waals surface area contributed by atoms with Crippen molar-refractivity contribution in [3.63, 3.8) is 0 Å². The van der Waals surface area contributed by atoms with Crippen molar-refractivity contribution >= 4 is 28.2 Å². The molecule has 1 aromatic carbocycles. The van der Waals surface area contributed by atoms with Crippen LogP contribution < -0.4 is 10.2 Å². The fourth-order valence-corrected chi connectivity index (χ4v) is 4.13. The van der Waals surface area contributed by atoms with Crippen LogP contribution in [0.5, 0.6) is 0 Å². The summed E-state index contributed by atoms with van der Waals surface area (Å²) >= 11 is 1.41. The monoisotopic (exact) mass is 386 g/mol. The van der Waals surface area contributed by atoms with Gasteiger partial charge in [-0.2, -0.15) is 0 Å². The van der Waals surface area contributed by atoms with Gasteiger partial charge >= 0.3 is 5.97 Å². The molecule has 1 aromatic heterocycles. The van der Waals surface area contributed by atoms with E-state index in [2.05, 4.69) is 10.2 Å². The number of thiophene rings is 1. The number of anilines is 1. The molecule has 1 aliphatic carbocycles. The van der Waals surface area contributed by atoms with Gasteiger partial charge in [0.2, 0.25) is 0 Å². The van der Waals surface area contributed by atoms with E-state index < -0.39 is 5.97 Å². The second-order valence-corrected chi connectivity index (χ2v) is 7.74. The van der Waals surface area contributed by atoms with Crippen molar-refractivity contribution in [3.8, 4) is 11.1 Å². The summed E-state index contributed by atoms with van der Waals surface area (Å²) in [6.07, 6.45) is 2.02. The fourth-order valence-electron chi connectivity index (χ4n) is 3.01. The Morgan fingerprint density at radius 1 is 1.19 bits per heavy atom. The molecule has 0 unspecified atom stereocenters. The van der Waals surface area contributed by atoms with Crippen LogP contribution in [-0.2, 0) is 14.3 Å². The van der Waals surface area contributed by atoms with Gasteiger partial charge in [-0.3, -0.25) is 4.79 Å². The molecule has 142 valence electrons. The van der Waals surface area contributed by atoms with Crippen molar-refractivity contribution in [1.29, 1.82) is 0 Å². The summed E-state index contributed by atoms with van der Waals surface area (Å²) < 4.78 is 10.7. The van der Waals surface area contributed by atoms with Crippen molar-refractivity contribution in [3.05, 3.63) is 41.3 Å². The molecule has 1 aliphatic heterocycles. The van der Waals surface area contributed by atoms with Gasteiger partial charge in [-0.1, -0.05) is 30.3 Å². The fraction of sp³-hybridized carbons (Fsp3) is 0.400. The van der Waals surface area contributed by atoms with Crippen molar-refractivity contribution in [2.75, 3.05) is 37.8 Å². The SMILES string of the molecule is O=C(COC(=O)c1cc(-c2ccccc2)c(N2CCOCC2)s1)NC1CC1. The number of benzene rings is 1. The molecule has 0 atom stereocenters. The Morgan fingerprint density at radius 2 is 1.93 bits per heavy atom. The molecule has 0 spiro atoms. The molecule has 6 nitrogen and oxygen atoms in total. The van der Waals surface area contributed by atoms with Crippen LogP contribution in [-0.4, -0.2) is 50.8 Å². The molecule has 2 heterocycles. The molecule has 0 bridgehead atoms. The van der Waals surface area contributed by atoms with Gasteiger partial charge in [-0.25, -0.2) is 4.79 Å². The predicted octanol–water partition coefficient (Wildman–Crippen LogP) is 2.69. The maximum atomic E-state index is 12.5. The number of amides is 1. The van der Waals surface area contributed by atoms with Crippen LogP contribution in [0.2, 0.25) is 0 Å². The smallest absolute Gasteiger partial charge is 0.348 e. The molecule has 27 heavy (non-hydrogen) atoms. The van der Waals surface area contributed by atoms with Crippen LogP contribution in [0.4, 0.5) is 5.00 Å². The number of morpholine rings is 1. The van der Waals surface area contributed by atoms with Crippen LogP contribution in [0.25, 0.3) is 11.1 Å². The first-order chi connectivity index (χ1) is 13.2. The van der Waals surface area contributed by atoms with E-state index in [1.54, 1.807) is 0 Å². The van der Waals surface area contributed by atoms with Crippen LogP contribution in [0.1, 0.15) is 22.5 Å². The second kappa shape index (κ2) is 8.10. The Labute approximate surface area is 162 Å². The number of esters is 1. The molecule has 1 saturated heterocycles. The largest absolute Gasteiger partial charge is 0.451 e. The van der Waals surface area contributed by atoms with Gasteiger partial charge in [0.25, 0.3) is 5.91 Å². The molecule has 1 saturated carbocycles. The molecule has 1 N–H and O–H groups in total. The first-order valence-electron chi connectivity index (χ1n) is 9.19. The molecule has 4 rings (SSSR count). The number of carbonyl (C=O) groups excluding carboxylic acids is 2. The number of rotatable bonds is 6. The normalized spacial score (nSPS) is 16.8. The van der Waals surface area contributed by atoms with Gasteiger partial charge in [-0.15, -0.1) is 11.3 Å². The van der Waals surface area contributed by atoms with Crippen LogP contribution >= 0.6 is 11.3 Å². The van der Waals surface area contributed by atoms with Gasteiger partial charge in [0.1, 0.15) is 4.88 Å². The van der Waals surface area contributed by atoms with Gasteiger partial charge in [0.05, 0.1) is 18.2 Å². The lowest BCUT2D eigenvalue weighted by molar-refractivity contribution is -0.124. The third-order valence-electron chi connectivity index (χ3n) is 4.57. The van der Waals surface area contributed by atoms with Crippen molar-refractivity contribution in [2.24, 2.45) is 0 Å². The van der Waals surface area contributed by atoms with Crippen LogP contribution in [0, 0.1) is 0 Å². The van der Waals surface area contributed by atoms with E-state index in [1.165, 1.54) is 11.3 Å². The Morgan fingerprint density at radius 3 is 2.63 bits per heavy atom. The zero-order chi connectivity index (χ0) is 18.6. The summed E-state index contributed by atoms with van der Waals surface area (Å²) in [5.41, 5.74) is 2.07. The van der Waals surface area contributed by atoms with E-state index in [1.807, 2.05) is 36.4 Å². The summed E-state index contributed by atoms with van der Waals surface area (Å²) in [7, 11) is 0. The highest BCUT2D eigenvalue weighted by molar-refractivity contribution is 7.18. The summed E-state index contributed by atoms with van der Waals surface area (Å²) in [6, 6.07) is 12.1. The van der Waals surface area contributed by atoms with Crippen molar-refractivity contribution < 1.29 is 19.1 Å². The van der Waals surface area contributed by atoms with E-state index in [-0.39, 0.29) is 18.6 Å². The standard InChI is InChI=1S/C20H22N2O4S/c23-18(21-15-6-7-15)13-26-20(24)17-12-16(14-4-2-1-3-5-14)19(27-17)22-8-10-25-11-9-22/h1-5,12,15H,6-11,13H2,(H,21,23). The summed E-state index contributed by atoms with van der Waals surface area (Å²) in [5.74, 6) is -0.693. The molecular formula is C20H22N2O4S. The molecule has 2 aliphatic rings. The lowest BCUT2D eigenvalue weighted by atomic mass is 10.1. The minimum absolute atomic E-state index is 0.235. The number of hydrogen-bond acceptors (Lipinski definition) is 6. The Hall–Kier alpha value is -2.38. The minimum atomic E-state index is -0.456. The highest BCUT2D eigenvalue weighted by Crippen LogP contribution is 2.39. The van der Waals surface area contributed by atoms with Crippen LogP contribution in [0.3, 0.4) is 0 Å². The van der Waals surface area contributed by atoms with Gasteiger partial charge in [0, 0.05) is 24.7 Å². The number of hydrogen-bond donors (Lipinski definition) is 1. The first kappa shape index (κ1) is 18.0. The lowest BCUT2D eigenvalue weighted by Gasteiger charge is -2.28. The Kier molecular flexibility index (Phi) is 5.40. The average molecular weight is 386 g/mol. The predicted molar refractivity (Wildman–Crippen MR) is 104 cm³/mol. The number of ether oxygens (including phenoxy) is 2. The highest BCUT2D eigenvalue weighted by Gasteiger charge is 2.25. The summed E-state index contributed by atoms with van der Waals surface area (Å²) in [5, 5.41) is 3.86. The maximum Gasteiger partial charge on any atom is 0.348 e. The Balaban J connectivity index is 1.52. The summed E-state index contributed by atoms with van der Waals surface area (Å²) in [4.78, 5) is 27.0. The van der Waals surface area contributed by atoms with Crippen molar-refractivity contribution in [1.82, 2.24) is 5.32 Å². The van der Waals surface area contributed by atoms with Gasteiger partial charge in [0.15, 0.2) is 6.61 Å². The van der Waals surface area contributed by atoms with E-state index >= 15 is 0 Å². The van der Waals surface area contributed by atoms with E-state index in [0.717, 1.165) is 42.1 Å². The van der Waals surface area contributed by atoms with E-state index in [4.69, 9.17) is 9.47 Å². The molecule has 1 amide bonds. The number of nitrogens with zero attached hydrogens (tertiary/aromatic N) is 1. The van der Waals surface area contributed by atoms with E-state index in [9.17, 15) is 9.59 Å². The molecule has 0 radical (unpaired) electrons. The Bertz CT molecular complexity index is 811. The molecule has 2 fully saturated rings. The first-order valence-corrected chi connectivity index (χ1v) is 10.0. The number of nitrogens with one attached hydrogen (secondary N) is 1. The van der Waals surface area contributed by atoms with E-state index in [0.29, 0.717) is 18.1 Å². The topological polar surface area (TPSA) is 67.9 Å². The lowest BCUT2D eigenvalue weighted by Crippen LogP contribution is -2.35. The third kappa shape index (κ3) is 4.48. The molecule has 7 heteroatoms. The van der Waals surface area contributed by atoms with Gasteiger partial charge in [-0.05, 0) is 24.5 Å². The third-order valence-corrected chi connectivity index (χ3v) is 5.75.